The molecule has 4 rings (SSSR count). The van der Waals surface area contributed by atoms with Crippen molar-refractivity contribution in [1.29, 1.82) is 0 Å². The fraction of sp³-hybridized carbons (Fsp3) is 0.583. The maximum atomic E-state index is 13.7. The Morgan fingerprint density at radius 2 is 1.89 bits per heavy atom. The van der Waals surface area contributed by atoms with Gasteiger partial charge < -0.3 is 9.80 Å². The average Bonchev–Trinajstić information content (AvgIpc) is 3.27. The molecule has 3 heterocycles. The third-order valence-corrected chi connectivity index (χ3v) is 8.14. The summed E-state index contributed by atoms with van der Waals surface area (Å²) in [4.78, 5) is 19.2. The Balaban J connectivity index is 1.39. The van der Waals surface area contributed by atoms with Crippen LogP contribution in [0.4, 0.5) is 20.7 Å². The Morgan fingerprint density at radius 1 is 1.22 bits per heavy atom. The van der Waals surface area contributed by atoms with Crippen LogP contribution in [0.2, 0.25) is 5.02 Å². The van der Waals surface area contributed by atoms with Crippen LogP contribution in [0.25, 0.3) is 0 Å². The molecular formula is C24H34ClFN6O3S. The lowest BCUT2D eigenvalue weighted by atomic mass is 9.87. The smallest absolute Gasteiger partial charge is 0.344 e. The number of alkyl halides is 1. The molecule has 36 heavy (non-hydrogen) atoms. The standard InChI is InChI=1S/C24H34ClFN6O3S/c1-24(9-14-31(15-10-24)23(33)32-13-8-22(27-32)28-36(3,34)35)29(2)17-18-4-5-19(25)16-21(18)30-11-6-20(26)7-12-30/h4-5,8,13,16,20H,6-7,9-12,14-15,17H2,1-3H3,(H,27,28). The molecule has 1 amide bonds. The summed E-state index contributed by atoms with van der Waals surface area (Å²) in [5.41, 5.74) is 2.10. The van der Waals surface area contributed by atoms with Gasteiger partial charge in [0, 0.05) is 61.2 Å². The van der Waals surface area contributed by atoms with E-state index in [0.717, 1.165) is 30.3 Å². The minimum atomic E-state index is -3.46. The van der Waals surface area contributed by atoms with Crippen molar-refractivity contribution in [2.75, 3.05) is 49.1 Å². The summed E-state index contributed by atoms with van der Waals surface area (Å²) in [6.07, 6.45) is 4.39. The first kappa shape index (κ1) is 26.7. The number of anilines is 2. The number of rotatable bonds is 6. The van der Waals surface area contributed by atoms with Crippen molar-refractivity contribution in [2.45, 2.75) is 50.9 Å². The Morgan fingerprint density at radius 3 is 2.53 bits per heavy atom. The largest absolute Gasteiger partial charge is 0.371 e. The highest BCUT2D eigenvalue weighted by Crippen LogP contribution is 2.33. The third-order valence-electron chi connectivity index (χ3n) is 7.33. The van der Waals surface area contributed by atoms with Crippen molar-refractivity contribution in [3.63, 3.8) is 0 Å². The van der Waals surface area contributed by atoms with Crippen molar-refractivity contribution >= 4 is 39.2 Å². The van der Waals surface area contributed by atoms with Crippen molar-refractivity contribution < 1.29 is 17.6 Å². The van der Waals surface area contributed by atoms with Crippen molar-refractivity contribution in [1.82, 2.24) is 19.6 Å². The fourth-order valence-corrected chi connectivity index (χ4v) is 5.54. The molecule has 2 saturated heterocycles. The van der Waals surface area contributed by atoms with E-state index in [1.165, 1.54) is 16.9 Å². The third kappa shape index (κ3) is 6.30. The Labute approximate surface area is 217 Å². The molecule has 2 aliphatic heterocycles. The first-order valence-electron chi connectivity index (χ1n) is 12.1. The van der Waals surface area contributed by atoms with Crippen LogP contribution in [0.3, 0.4) is 0 Å². The van der Waals surface area contributed by atoms with Crippen LogP contribution >= 0.6 is 11.6 Å². The number of piperidine rings is 2. The number of aromatic nitrogens is 2. The first-order chi connectivity index (χ1) is 16.9. The van der Waals surface area contributed by atoms with E-state index in [1.807, 2.05) is 12.1 Å². The van der Waals surface area contributed by atoms with Crippen LogP contribution in [0.1, 0.15) is 38.2 Å². The van der Waals surface area contributed by atoms with Crippen LogP contribution in [0, 0.1) is 0 Å². The molecule has 0 spiro atoms. The number of likely N-dealkylation sites (tertiary alicyclic amines) is 1. The lowest BCUT2D eigenvalue weighted by molar-refractivity contribution is 0.0586. The van der Waals surface area contributed by atoms with E-state index in [-0.39, 0.29) is 17.4 Å². The molecular weight excluding hydrogens is 507 g/mol. The molecule has 0 radical (unpaired) electrons. The van der Waals surface area contributed by atoms with Gasteiger partial charge in [-0.3, -0.25) is 9.62 Å². The molecule has 0 aliphatic carbocycles. The topological polar surface area (TPSA) is 90.8 Å². The van der Waals surface area contributed by atoms with Crippen LogP contribution in [-0.2, 0) is 16.6 Å². The molecule has 0 saturated carbocycles. The average molecular weight is 541 g/mol. The molecule has 198 valence electrons. The summed E-state index contributed by atoms with van der Waals surface area (Å²) >= 11 is 6.31. The molecule has 1 aromatic carbocycles. The van der Waals surface area contributed by atoms with E-state index in [2.05, 4.69) is 39.7 Å². The van der Waals surface area contributed by atoms with E-state index in [9.17, 15) is 17.6 Å². The fourth-order valence-electron chi connectivity index (χ4n) is 4.88. The summed E-state index contributed by atoms with van der Waals surface area (Å²) < 4.78 is 39.9. The zero-order chi connectivity index (χ0) is 26.1. The van der Waals surface area contributed by atoms with Crippen molar-refractivity contribution in [2.24, 2.45) is 0 Å². The second-order valence-corrected chi connectivity index (χ2v) is 12.3. The predicted octanol–water partition coefficient (Wildman–Crippen LogP) is 3.80. The number of amides is 1. The summed E-state index contributed by atoms with van der Waals surface area (Å²) in [5.74, 6) is 0.113. The van der Waals surface area contributed by atoms with E-state index in [1.54, 1.807) is 4.90 Å². The van der Waals surface area contributed by atoms with Gasteiger partial charge in [-0.25, -0.2) is 17.6 Å². The lowest BCUT2D eigenvalue weighted by Gasteiger charge is -2.45. The number of halogens is 2. The maximum Gasteiger partial charge on any atom is 0.344 e. The number of hydrogen-bond acceptors (Lipinski definition) is 6. The van der Waals surface area contributed by atoms with Gasteiger partial charge in [0.2, 0.25) is 10.0 Å². The van der Waals surface area contributed by atoms with Gasteiger partial charge in [0.25, 0.3) is 0 Å². The highest BCUT2D eigenvalue weighted by molar-refractivity contribution is 7.92. The monoisotopic (exact) mass is 540 g/mol. The SMILES string of the molecule is CN(Cc1ccc(Cl)cc1N1CCC(F)CC1)C1(C)CCN(C(=O)n2ccc(NS(C)(=O)=O)n2)CC1. The van der Waals surface area contributed by atoms with Gasteiger partial charge in [-0.1, -0.05) is 17.7 Å². The summed E-state index contributed by atoms with van der Waals surface area (Å²) in [6, 6.07) is 7.11. The van der Waals surface area contributed by atoms with Crippen LogP contribution in [0.5, 0.6) is 0 Å². The molecule has 0 unspecified atom stereocenters. The highest BCUT2D eigenvalue weighted by atomic mass is 35.5. The molecule has 0 bridgehead atoms. The molecule has 2 aliphatic rings. The lowest BCUT2D eigenvalue weighted by Crippen LogP contribution is -2.53. The van der Waals surface area contributed by atoms with Crippen molar-refractivity contribution in [3.8, 4) is 0 Å². The zero-order valence-corrected chi connectivity index (χ0v) is 22.5. The minimum Gasteiger partial charge on any atom is -0.371 e. The highest BCUT2D eigenvalue weighted by Gasteiger charge is 2.36. The summed E-state index contributed by atoms with van der Waals surface area (Å²) in [5, 5.41) is 4.72. The number of carbonyl (C=O) groups is 1. The molecule has 1 N–H and O–H groups in total. The Kier molecular flexibility index (Phi) is 7.82. The second-order valence-electron chi connectivity index (χ2n) is 10.1. The van der Waals surface area contributed by atoms with E-state index < -0.39 is 16.2 Å². The van der Waals surface area contributed by atoms with Gasteiger partial charge in [-0.05, 0) is 57.4 Å². The Hall–Kier alpha value is -2.37. The van der Waals surface area contributed by atoms with Gasteiger partial charge in [-0.15, -0.1) is 5.10 Å². The molecule has 2 fully saturated rings. The van der Waals surface area contributed by atoms with Gasteiger partial charge in [0.1, 0.15) is 6.17 Å². The number of nitrogens with zero attached hydrogens (tertiary/aromatic N) is 5. The van der Waals surface area contributed by atoms with E-state index in [0.29, 0.717) is 50.6 Å². The predicted molar refractivity (Wildman–Crippen MR) is 140 cm³/mol. The van der Waals surface area contributed by atoms with Gasteiger partial charge in [-0.2, -0.15) is 4.68 Å². The number of carbonyl (C=O) groups excluding carboxylic acids is 1. The summed E-state index contributed by atoms with van der Waals surface area (Å²) in [6.45, 7) is 5.41. The number of sulfonamides is 1. The maximum absolute atomic E-state index is 13.7. The minimum absolute atomic E-state index is 0.113. The molecule has 9 nitrogen and oxygen atoms in total. The zero-order valence-electron chi connectivity index (χ0n) is 21.0. The van der Waals surface area contributed by atoms with Gasteiger partial charge in [0.15, 0.2) is 5.82 Å². The van der Waals surface area contributed by atoms with E-state index in [4.69, 9.17) is 11.6 Å². The van der Waals surface area contributed by atoms with Crippen LogP contribution < -0.4 is 9.62 Å². The number of benzene rings is 1. The van der Waals surface area contributed by atoms with Gasteiger partial charge >= 0.3 is 6.03 Å². The van der Waals surface area contributed by atoms with Crippen LogP contribution in [0.15, 0.2) is 30.5 Å². The molecule has 12 heteroatoms. The quantitative estimate of drug-likeness (QED) is 0.599. The number of hydrogen-bond donors (Lipinski definition) is 1. The van der Waals surface area contributed by atoms with Gasteiger partial charge in [0.05, 0.1) is 6.26 Å². The van der Waals surface area contributed by atoms with Crippen LogP contribution in [-0.4, -0.2) is 85.2 Å². The summed E-state index contributed by atoms with van der Waals surface area (Å²) in [7, 11) is -1.37. The molecule has 0 atom stereocenters. The molecule has 2 aromatic rings. The number of nitrogens with one attached hydrogen (secondary N) is 1. The molecule has 1 aromatic heterocycles. The first-order valence-corrected chi connectivity index (χ1v) is 14.4. The van der Waals surface area contributed by atoms with Crippen molar-refractivity contribution in [3.05, 3.63) is 41.0 Å². The van der Waals surface area contributed by atoms with E-state index >= 15 is 0 Å². The normalized spacial score (nSPS) is 19.1. The Bertz CT molecular complexity index is 1190. The second kappa shape index (κ2) is 10.5.